The Hall–Kier alpha value is -3.78. The molecule has 0 amide bonds. The van der Waals surface area contributed by atoms with Crippen molar-refractivity contribution in [2.24, 2.45) is 20.5 Å². The van der Waals surface area contributed by atoms with E-state index < -0.39 is 14.3 Å². The zero-order chi connectivity index (χ0) is 28.5. The van der Waals surface area contributed by atoms with Gasteiger partial charge in [0.15, 0.2) is 0 Å². The van der Waals surface area contributed by atoms with Gasteiger partial charge in [-0.1, -0.05) is 29.3 Å². The third-order valence-corrected chi connectivity index (χ3v) is 9.11. The summed E-state index contributed by atoms with van der Waals surface area (Å²) in [5.41, 5.74) is 2.59. The fourth-order valence-corrected chi connectivity index (χ4v) is 6.32. The molecule has 0 atom stereocenters. The van der Waals surface area contributed by atoms with Crippen LogP contribution >= 0.6 is 22.7 Å². The minimum atomic E-state index is -2.12. The van der Waals surface area contributed by atoms with Crippen LogP contribution in [0.5, 0.6) is 5.75 Å². The number of rotatable bonds is 13. The van der Waals surface area contributed by atoms with E-state index in [4.69, 9.17) is 13.9 Å². The monoisotopic (exact) mass is 594 g/mol. The summed E-state index contributed by atoms with van der Waals surface area (Å²) in [6, 6.07) is 17.2. The maximum absolute atomic E-state index is 11.2. The molecule has 0 N–H and O–H groups in total. The van der Waals surface area contributed by atoms with Crippen molar-refractivity contribution in [3.8, 4) is 5.75 Å². The lowest BCUT2D eigenvalue weighted by molar-refractivity contribution is -0.136. The summed E-state index contributed by atoms with van der Waals surface area (Å²) in [6.45, 7) is 8.14. The van der Waals surface area contributed by atoms with Crippen molar-refractivity contribution in [2.45, 2.75) is 13.1 Å². The van der Waals surface area contributed by atoms with E-state index in [1.165, 1.54) is 22.7 Å². The summed E-state index contributed by atoms with van der Waals surface area (Å²) in [4.78, 5) is 18.7. The second-order valence-electron chi connectivity index (χ2n) is 9.32. The minimum absolute atomic E-state index is 0.272. The number of ether oxygens (including phenoxy) is 2. The fourth-order valence-electron chi connectivity index (χ4n) is 3.26. The molecule has 0 bridgehead atoms. The Morgan fingerprint density at radius 3 is 2.30 bits per heavy atom. The van der Waals surface area contributed by atoms with E-state index in [9.17, 15) is 4.79 Å². The predicted molar refractivity (Wildman–Crippen MR) is 163 cm³/mol. The number of carbonyl (C=O) groups is 1. The predicted octanol–water partition coefficient (Wildman–Crippen LogP) is 8.12. The summed E-state index contributed by atoms with van der Waals surface area (Å²) in [5, 5.41) is 18.6. The van der Waals surface area contributed by atoms with Crippen LogP contribution < -0.4 is 9.64 Å². The fraction of sp³-hybridized carbons (Fsp3) is 0.259. The molecule has 0 radical (unpaired) electrons. The first-order valence-corrected chi connectivity index (χ1v) is 17.1. The van der Waals surface area contributed by atoms with Gasteiger partial charge in [-0.05, 0) is 67.7 Å². The molecule has 208 valence electrons. The Bertz CT molecular complexity index is 1470. The van der Waals surface area contributed by atoms with E-state index in [-0.39, 0.29) is 6.23 Å². The van der Waals surface area contributed by atoms with Crippen LogP contribution in [0.4, 0.5) is 27.2 Å². The first-order chi connectivity index (χ1) is 19.2. The van der Waals surface area contributed by atoms with Gasteiger partial charge >= 0.3 is 5.97 Å². The standard InChI is InChI=1S/C27H30N6O4S2Si/c1-6-25(34)36-18-40(4,5)37-16-15-35-22-13-9-20(10-14-22)29-31-24-17-23-26(39-24)28-27(38-23)32-30-19-7-11-21(12-8-19)33(2)3/h6-14,17H,1,15-16,18H2,2-5H3. The number of hydrogen-bond acceptors (Lipinski definition) is 12. The third-order valence-electron chi connectivity index (χ3n) is 5.36. The van der Waals surface area contributed by atoms with Crippen LogP contribution in [0.15, 0.2) is 87.7 Å². The van der Waals surface area contributed by atoms with E-state index in [0.717, 1.165) is 32.0 Å². The molecule has 40 heavy (non-hydrogen) atoms. The third kappa shape index (κ3) is 8.61. The highest BCUT2D eigenvalue weighted by atomic mass is 32.1. The van der Waals surface area contributed by atoms with Crippen molar-refractivity contribution in [2.75, 3.05) is 38.4 Å². The van der Waals surface area contributed by atoms with Crippen LogP contribution in [0.2, 0.25) is 13.1 Å². The lowest BCUT2D eigenvalue weighted by Crippen LogP contribution is -2.39. The Kier molecular flexibility index (Phi) is 9.87. The van der Waals surface area contributed by atoms with E-state index in [1.807, 2.05) is 86.7 Å². The molecular formula is C27H30N6O4S2Si. The summed E-state index contributed by atoms with van der Waals surface area (Å²) in [6.07, 6.45) is 1.42. The summed E-state index contributed by atoms with van der Waals surface area (Å²) < 4.78 is 17.7. The van der Waals surface area contributed by atoms with Gasteiger partial charge in [0.1, 0.15) is 28.4 Å². The number of thiazole rings is 1. The Morgan fingerprint density at radius 2 is 1.65 bits per heavy atom. The van der Waals surface area contributed by atoms with Gasteiger partial charge < -0.3 is 18.8 Å². The maximum Gasteiger partial charge on any atom is 0.329 e. The first kappa shape index (κ1) is 29.2. The molecule has 2 aromatic heterocycles. The number of fused-ring (bicyclic) bond motifs is 1. The number of carbonyl (C=O) groups excluding carboxylic acids is 1. The van der Waals surface area contributed by atoms with Crippen LogP contribution in [0, 0.1) is 0 Å². The molecule has 0 aliphatic heterocycles. The summed E-state index contributed by atoms with van der Waals surface area (Å²) in [5.74, 6) is 0.263. The van der Waals surface area contributed by atoms with Crippen LogP contribution in [-0.2, 0) is 14.0 Å². The number of hydrogen-bond donors (Lipinski definition) is 0. The highest BCUT2D eigenvalue weighted by Gasteiger charge is 2.24. The van der Waals surface area contributed by atoms with E-state index in [2.05, 4.69) is 32.0 Å². The highest BCUT2D eigenvalue weighted by Crippen LogP contribution is 2.39. The van der Waals surface area contributed by atoms with Crippen molar-refractivity contribution in [3.63, 3.8) is 0 Å². The molecule has 0 spiro atoms. The van der Waals surface area contributed by atoms with Crippen LogP contribution in [0.3, 0.4) is 0 Å². The highest BCUT2D eigenvalue weighted by molar-refractivity contribution is 7.30. The average molecular weight is 595 g/mol. The summed E-state index contributed by atoms with van der Waals surface area (Å²) >= 11 is 2.92. The molecule has 0 aliphatic rings. The zero-order valence-corrected chi connectivity index (χ0v) is 25.4. The average Bonchev–Trinajstić information content (AvgIpc) is 3.51. The van der Waals surface area contributed by atoms with Crippen LogP contribution in [0.1, 0.15) is 0 Å². The Morgan fingerprint density at radius 1 is 0.975 bits per heavy atom. The van der Waals surface area contributed by atoms with Gasteiger partial charge in [-0.15, -0.1) is 20.5 Å². The lowest BCUT2D eigenvalue weighted by Gasteiger charge is -2.22. The maximum atomic E-state index is 11.2. The molecule has 0 unspecified atom stereocenters. The molecule has 0 aliphatic carbocycles. The number of esters is 1. The molecule has 0 fully saturated rings. The summed E-state index contributed by atoms with van der Waals surface area (Å²) in [7, 11) is 1.87. The van der Waals surface area contributed by atoms with Crippen molar-refractivity contribution in [1.29, 1.82) is 0 Å². The number of thiophene rings is 1. The number of anilines is 1. The molecule has 2 heterocycles. The molecule has 10 nitrogen and oxygen atoms in total. The van der Waals surface area contributed by atoms with Gasteiger partial charge in [-0.2, -0.15) is 0 Å². The molecule has 0 saturated heterocycles. The molecule has 0 saturated carbocycles. The number of nitrogens with zero attached hydrogens (tertiary/aromatic N) is 6. The quantitative estimate of drug-likeness (QED) is 0.0508. The second kappa shape index (κ2) is 13.5. The van der Waals surface area contributed by atoms with E-state index >= 15 is 0 Å². The van der Waals surface area contributed by atoms with Crippen molar-refractivity contribution >= 4 is 73.7 Å². The molecule has 2 aromatic carbocycles. The minimum Gasteiger partial charge on any atom is -0.491 e. The topological polar surface area (TPSA) is 110 Å². The molecule has 13 heteroatoms. The van der Waals surface area contributed by atoms with Crippen LogP contribution in [0.25, 0.3) is 9.53 Å². The Labute approximate surface area is 241 Å². The van der Waals surface area contributed by atoms with E-state index in [0.29, 0.717) is 29.8 Å². The zero-order valence-electron chi connectivity index (χ0n) is 22.7. The number of aromatic nitrogens is 1. The molecular weight excluding hydrogens is 565 g/mol. The van der Waals surface area contributed by atoms with Gasteiger partial charge in [0.2, 0.25) is 13.4 Å². The smallest absolute Gasteiger partial charge is 0.329 e. The van der Waals surface area contributed by atoms with Gasteiger partial charge in [0.05, 0.1) is 22.7 Å². The first-order valence-electron chi connectivity index (χ1n) is 12.4. The number of azo groups is 2. The van der Waals surface area contributed by atoms with Gasteiger partial charge in [0, 0.05) is 25.9 Å². The van der Waals surface area contributed by atoms with Crippen molar-refractivity contribution in [3.05, 3.63) is 67.3 Å². The second-order valence-corrected chi connectivity index (χ2v) is 15.4. The van der Waals surface area contributed by atoms with Crippen molar-refractivity contribution in [1.82, 2.24) is 4.98 Å². The molecule has 4 rings (SSSR count). The van der Waals surface area contributed by atoms with Crippen molar-refractivity contribution < 1.29 is 18.7 Å². The van der Waals surface area contributed by atoms with Gasteiger partial charge in [-0.3, -0.25) is 0 Å². The SMILES string of the molecule is C=CC(=O)OC[Si](C)(C)OCCOc1ccc(N=Nc2cc3sc(N=Nc4ccc(N(C)C)cc4)nc3s2)cc1. The molecule has 4 aromatic rings. The van der Waals surface area contributed by atoms with Crippen LogP contribution in [-0.4, -0.2) is 52.8 Å². The largest absolute Gasteiger partial charge is 0.491 e. The normalized spacial score (nSPS) is 11.9. The van der Waals surface area contributed by atoms with Gasteiger partial charge in [0.25, 0.3) is 0 Å². The van der Waals surface area contributed by atoms with E-state index in [1.54, 1.807) is 0 Å². The number of benzene rings is 2. The Balaban J connectivity index is 1.25. The lowest BCUT2D eigenvalue weighted by atomic mass is 10.3. The van der Waals surface area contributed by atoms with Gasteiger partial charge in [-0.25, -0.2) is 9.78 Å².